The molecule has 1 heterocycles. The second-order valence-corrected chi connectivity index (χ2v) is 13.7. The van der Waals surface area contributed by atoms with Crippen LogP contribution in [-0.4, -0.2) is 87.3 Å². The largest absolute Gasteiger partial charge is 0.497 e. The Morgan fingerprint density at radius 2 is 1.77 bits per heavy atom. The van der Waals surface area contributed by atoms with Crippen molar-refractivity contribution in [3.05, 3.63) is 90.0 Å². The number of benzene rings is 3. The molecule has 258 valence electrons. The van der Waals surface area contributed by atoms with Gasteiger partial charge in [-0.15, -0.1) is 0 Å². The maximum absolute atomic E-state index is 13.9. The summed E-state index contributed by atoms with van der Waals surface area (Å²) in [5.74, 6) is -0.579. The summed E-state index contributed by atoms with van der Waals surface area (Å²) in [6.45, 7) is 5.84. The van der Waals surface area contributed by atoms with Crippen LogP contribution in [0.3, 0.4) is 0 Å². The van der Waals surface area contributed by atoms with Crippen LogP contribution in [0.5, 0.6) is 5.75 Å². The highest BCUT2D eigenvalue weighted by Crippen LogP contribution is 2.25. The molecule has 0 radical (unpaired) electrons. The van der Waals surface area contributed by atoms with Gasteiger partial charge in [-0.1, -0.05) is 62.7 Å². The molecule has 0 aromatic heterocycles. The fourth-order valence-corrected chi connectivity index (χ4v) is 6.92. The van der Waals surface area contributed by atoms with Gasteiger partial charge < -0.3 is 25.2 Å². The number of rotatable bonds is 16. The van der Waals surface area contributed by atoms with Crippen LogP contribution in [0.1, 0.15) is 43.1 Å². The summed E-state index contributed by atoms with van der Waals surface area (Å²) in [6.07, 6.45) is -2.41. The van der Waals surface area contributed by atoms with Gasteiger partial charge in [0.1, 0.15) is 5.75 Å². The molecule has 1 unspecified atom stereocenters. The van der Waals surface area contributed by atoms with Crippen LogP contribution >= 0.6 is 0 Å². The Morgan fingerprint density at radius 3 is 2.46 bits per heavy atom. The third-order valence-electron chi connectivity index (χ3n) is 8.23. The van der Waals surface area contributed by atoms with E-state index in [9.17, 15) is 27.9 Å². The lowest BCUT2D eigenvalue weighted by Gasteiger charge is -2.31. The van der Waals surface area contributed by atoms with Crippen LogP contribution in [0, 0.1) is 5.92 Å². The summed E-state index contributed by atoms with van der Waals surface area (Å²) in [7, 11) is -2.62. The monoisotopic (exact) mass is 680 g/mol. The zero-order valence-corrected chi connectivity index (χ0v) is 28.5. The average Bonchev–Trinajstić information content (AvgIpc) is 3.49. The number of carbonyl (C=O) groups is 3. The van der Waals surface area contributed by atoms with Crippen molar-refractivity contribution in [2.45, 2.75) is 56.8 Å². The van der Waals surface area contributed by atoms with Crippen molar-refractivity contribution in [2.24, 2.45) is 5.92 Å². The molecule has 0 bridgehead atoms. The quantitative estimate of drug-likeness (QED) is 0.208. The van der Waals surface area contributed by atoms with E-state index in [4.69, 9.17) is 9.47 Å². The molecule has 0 aliphatic carbocycles. The number of aliphatic hydroxyl groups is 1. The number of cyclic esters (lactones) is 1. The van der Waals surface area contributed by atoms with Crippen LogP contribution in [0.25, 0.3) is 0 Å². The van der Waals surface area contributed by atoms with Crippen molar-refractivity contribution < 1.29 is 37.4 Å². The molecule has 1 aliphatic rings. The Bertz CT molecular complexity index is 1670. The molecular weight excluding hydrogens is 636 g/mol. The summed E-state index contributed by atoms with van der Waals surface area (Å²) >= 11 is 0. The topological polar surface area (TPSA) is 155 Å². The number of amides is 3. The number of methoxy groups -OCH3 is 1. The highest BCUT2D eigenvalue weighted by molar-refractivity contribution is 7.89. The van der Waals surface area contributed by atoms with E-state index in [2.05, 4.69) is 10.6 Å². The summed E-state index contributed by atoms with van der Waals surface area (Å²) in [5, 5.41) is 17.2. The summed E-state index contributed by atoms with van der Waals surface area (Å²) in [4.78, 5) is 40.1. The van der Waals surface area contributed by atoms with Gasteiger partial charge in [-0.25, -0.2) is 13.2 Å². The number of hydrogen-bond acceptors (Lipinski definition) is 8. The minimum absolute atomic E-state index is 0.0184. The van der Waals surface area contributed by atoms with Gasteiger partial charge in [-0.3, -0.25) is 14.5 Å². The van der Waals surface area contributed by atoms with Crippen molar-refractivity contribution in [2.75, 3.05) is 38.2 Å². The summed E-state index contributed by atoms with van der Waals surface area (Å²) < 4.78 is 39.7. The molecule has 3 amide bonds. The van der Waals surface area contributed by atoms with Gasteiger partial charge >= 0.3 is 6.09 Å². The predicted molar refractivity (Wildman–Crippen MR) is 181 cm³/mol. The standard InChI is InChI=1S/C35H44N4O8S/c1-5-24(3)21-38(48(44,45)29-17-11-16-28(20-29)46-4)22-31(40)30(18-25-12-8-7-9-13-25)37-34(42)32-23-39(35(43)47-32)27-15-10-14-26(19-27)33(41)36-6-2/h7-17,19-20,24,30-32,40H,5-6,18,21-23H2,1-4H3,(H,36,41)(H,37,42)/t24-,30-,31+,32?/m0/s1. The molecule has 0 spiro atoms. The van der Waals surface area contributed by atoms with Gasteiger partial charge in [0.2, 0.25) is 10.0 Å². The molecule has 3 aromatic rings. The highest BCUT2D eigenvalue weighted by Gasteiger charge is 2.39. The summed E-state index contributed by atoms with van der Waals surface area (Å²) in [6, 6.07) is 20.8. The molecule has 1 fully saturated rings. The van der Waals surface area contributed by atoms with Crippen LogP contribution in [0.4, 0.5) is 10.5 Å². The molecule has 4 rings (SSSR count). The second-order valence-electron chi connectivity index (χ2n) is 11.8. The number of ether oxygens (including phenoxy) is 2. The SMILES string of the molecule is CCNC(=O)c1cccc(N2CC(C(=O)N[C@@H](Cc3ccccc3)[C@H](O)CN(C[C@@H](C)CC)S(=O)(=O)c3cccc(OC)c3)OC2=O)c1. The van der Waals surface area contributed by atoms with Gasteiger partial charge in [-0.2, -0.15) is 4.31 Å². The first kappa shape index (κ1) is 36.4. The number of nitrogens with zero attached hydrogens (tertiary/aromatic N) is 2. The Balaban J connectivity index is 1.56. The van der Waals surface area contributed by atoms with Crippen LogP contribution in [-0.2, 0) is 26.0 Å². The molecule has 48 heavy (non-hydrogen) atoms. The van der Waals surface area contributed by atoms with Crippen molar-refractivity contribution in [3.63, 3.8) is 0 Å². The minimum atomic E-state index is -4.07. The van der Waals surface area contributed by atoms with Gasteiger partial charge in [0.15, 0.2) is 6.10 Å². The molecule has 3 N–H and O–H groups in total. The molecule has 12 nitrogen and oxygen atoms in total. The van der Waals surface area contributed by atoms with E-state index in [1.165, 1.54) is 28.4 Å². The Morgan fingerprint density at radius 1 is 1.04 bits per heavy atom. The van der Waals surface area contributed by atoms with Gasteiger partial charge in [0.25, 0.3) is 11.8 Å². The number of hydrogen-bond donors (Lipinski definition) is 3. The molecule has 13 heteroatoms. The molecule has 0 saturated carbocycles. The van der Waals surface area contributed by atoms with E-state index in [0.29, 0.717) is 30.0 Å². The highest BCUT2D eigenvalue weighted by atomic mass is 32.2. The molecule has 1 aliphatic heterocycles. The molecule has 3 aromatic carbocycles. The fraction of sp³-hybridized carbons (Fsp3) is 0.400. The van der Waals surface area contributed by atoms with E-state index in [-0.39, 0.29) is 42.8 Å². The number of carbonyl (C=O) groups excluding carboxylic acids is 3. The fourth-order valence-electron chi connectivity index (χ4n) is 5.31. The number of nitrogens with one attached hydrogen (secondary N) is 2. The predicted octanol–water partition coefficient (Wildman–Crippen LogP) is 3.60. The van der Waals surface area contributed by atoms with E-state index in [1.54, 1.807) is 43.3 Å². The van der Waals surface area contributed by atoms with E-state index < -0.39 is 40.3 Å². The first-order chi connectivity index (χ1) is 23.0. The van der Waals surface area contributed by atoms with Crippen LogP contribution in [0.2, 0.25) is 0 Å². The Kier molecular flexibility index (Phi) is 12.6. The number of aliphatic hydroxyl groups excluding tert-OH is 1. The van der Waals surface area contributed by atoms with Crippen molar-refractivity contribution in [3.8, 4) is 5.75 Å². The maximum Gasteiger partial charge on any atom is 0.415 e. The van der Waals surface area contributed by atoms with Crippen LogP contribution < -0.4 is 20.3 Å². The molecule has 4 atom stereocenters. The first-order valence-electron chi connectivity index (χ1n) is 16.0. The Hall–Kier alpha value is -4.46. The van der Waals surface area contributed by atoms with Crippen molar-refractivity contribution in [1.82, 2.24) is 14.9 Å². The van der Waals surface area contributed by atoms with Gasteiger partial charge in [0.05, 0.1) is 30.7 Å². The van der Waals surface area contributed by atoms with Gasteiger partial charge in [-0.05, 0) is 55.2 Å². The zero-order valence-electron chi connectivity index (χ0n) is 27.7. The lowest BCUT2D eigenvalue weighted by atomic mass is 10.0. The van der Waals surface area contributed by atoms with Gasteiger partial charge in [0, 0.05) is 37.0 Å². The smallest absolute Gasteiger partial charge is 0.415 e. The molecule has 1 saturated heterocycles. The lowest BCUT2D eigenvalue weighted by molar-refractivity contribution is -0.129. The second kappa shape index (κ2) is 16.6. The number of sulfonamides is 1. The first-order valence-corrected chi connectivity index (χ1v) is 17.4. The van der Waals surface area contributed by atoms with E-state index >= 15 is 0 Å². The summed E-state index contributed by atoms with van der Waals surface area (Å²) in [5.41, 5.74) is 1.55. The van der Waals surface area contributed by atoms with E-state index in [0.717, 1.165) is 5.56 Å². The number of anilines is 1. The van der Waals surface area contributed by atoms with Crippen molar-refractivity contribution >= 4 is 33.6 Å². The van der Waals surface area contributed by atoms with E-state index in [1.807, 2.05) is 44.2 Å². The zero-order chi connectivity index (χ0) is 34.8. The third kappa shape index (κ3) is 9.12. The average molecular weight is 681 g/mol. The third-order valence-corrected chi connectivity index (χ3v) is 10.1. The normalized spacial score (nSPS) is 16.6. The minimum Gasteiger partial charge on any atom is -0.497 e. The van der Waals surface area contributed by atoms with Crippen molar-refractivity contribution in [1.29, 1.82) is 0 Å². The Labute approximate surface area is 282 Å². The maximum atomic E-state index is 13.9. The lowest BCUT2D eigenvalue weighted by Crippen LogP contribution is -2.53. The van der Waals surface area contributed by atoms with Crippen LogP contribution in [0.15, 0.2) is 83.8 Å². The molecular formula is C35H44N4O8S.